The van der Waals surface area contributed by atoms with E-state index in [4.69, 9.17) is 5.26 Å². The molecule has 1 heterocycles. The molecular formula is C13H12N2OS. The first-order chi connectivity index (χ1) is 8.19. The Kier molecular flexibility index (Phi) is 3.52. The van der Waals surface area contributed by atoms with Crippen LogP contribution in [0.1, 0.15) is 27.9 Å². The topological polar surface area (TPSA) is 56.9 Å². The van der Waals surface area contributed by atoms with Gasteiger partial charge in [-0.3, -0.25) is 0 Å². The molecule has 1 aromatic heterocycles. The largest absolute Gasteiger partial charge is 0.388 e. The number of thiazole rings is 1. The zero-order chi connectivity index (χ0) is 12.3. The molecule has 1 atom stereocenters. The average molecular weight is 244 g/mol. The van der Waals surface area contributed by atoms with Crippen LogP contribution >= 0.6 is 11.3 Å². The summed E-state index contributed by atoms with van der Waals surface area (Å²) in [5.41, 5.74) is 2.32. The van der Waals surface area contributed by atoms with E-state index < -0.39 is 6.10 Å². The molecule has 0 spiro atoms. The lowest BCUT2D eigenvalue weighted by atomic mass is 10.0. The summed E-state index contributed by atoms with van der Waals surface area (Å²) >= 11 is 1.58. The number of aliphatic hydroxyl groups excluding tert-OH is 1. The molecule has 0 bridgehead atoms. The van der Waals surface area contributed by atoms with Gasteiger partial charge >= 0.3 is 0 Å². The SMILES string of the molecule is Cc1nc(CC(O)c2ccc(C#N)cc2)cs1. The minimum Gasteiger partial charge on any atom is -0.388 e. The van der Waals surface area contributed by atoms with Crippen LogP contribution in [0.2, 0.25) is 0 Å². The lowest BCUT2D eigenvalue weighted by Crippen LogP contribution is -2.02. The number of aromatic nitrogens is 1. The standard InChI is InChI=1S/C13H12N2OS/c1-9-15-12(8-17-9)6-13(16)11-4-2-10(7-14)3-5-11/h2-5,8,13,16H,6H2,1H3. The van der Waals surface area contributed by atoms with Crippen molar-refractivity contribution in [1.29, 1.82) is 5.26 Å². The first-order valence-electron chi connectivity index (χ1n) is 5.28. The first kappa shape index (κ1) is 11.8. The van der Waals surface area contributed by atoms with Crippen LogP contribution in [-0.4, -0.2) is 10.1 Å². The van der Waals surface area contributed by atoms with E-state index in [9.17, 15) is 5.11 Å². The van der Waals surface area contributed by atoms with Crippen LogP contribution in [0.15, 0.2) is 29.6 Å². The smallest absolute Gasteiger partial charge is 0.0991 e. The summed E-state index contributed by atoms with van der Waals surface area (Å²) in [5.74, 6) is 0. The molecule has 0 fully saturated rings. The van der Waals surface area contributed by atoms with Crippen LogP contribution in [0.3, 0.4) is 0 Å². The Morgan fingerprint density at radius 2 is 2.12 bits per heavy atom. The summed E-state index contributed by atoms with van der Waals surface area (Å²) < 4.78 is 0. The van der Waals surface area contributed by atoms with Crippen molar-refractivity contribution in [3.05, 3.63) is 51.5 Å². The van der Waals surface area contributed by atoms with Gasteiger partial charge in [-0.2, -0.15) is 5.26 Å². The number of aryl methyl sites for hydroxylation is 1. The molecule has 3 nitrogen and oxygen atoms in total. The van der Waals surface area contributed by atoms with Crippen LogP contribution in [0, 0.1) is 18.3 Å². The summed E-state index contributed by atoms with van der Waals surface area (Å²) in [5, 5.41) is 21.7. The number of nitriles is 1. The Bertz CT molecular complexity index is 539. The summed E-state index contributed by atoms with van der Waals surface area (Å²) in [7, 11) is 0. The van der Waals surface area contributed by atoms with E-state index in [0.29, 0.717) is 12.0 Å². The van der Waals surface area contributed by atoms with Crippen LogP contribution in [0.4, 0.5) is 0 Å². The molecule has 2 aromatic rings. The third kappa shape index (κ3) is 2.90. The second-order valence-electron chi connectivity index (χ2n) is 3.81. The van der Waals surface area contributed by atoms with Crippen molar-refractivity contribution < 1.29 is 5.11 Å². The van der Waals surface area contributed by atoms with Crippen LogP contribution in [-0.2, 0) is 6.42 Å². The molecular weight excluding hydrogens is 232 g/mol. The molecule has 0 saturated carbocycles. The van der Waals surface area contributed by atoms with Gasteiger partial charge in [0, 0.05) is 11.8 Å². The van der Waals surface area contributed by atoms with E-state index in [-0.39, 0.29) is 0 Å². The molecule has 0 aliphatic rings. The quantitative estimate of drug-likeness (QED) is 0.902. The molecule has 0 amide bonds. The maximum Gasteiger partial charge on any atom is 0.0991 e. The molecule has 0 aliphatic heterocycles. The molecule has 0 radical (unpaired) electrons. The second-order valence-corrected chi connectivity index (χ2v) is 4.87. The van der Waals surface area contributed by atoms with Crippen molar-refractivity contribution >= 4 is 11.3 Å². The number of benzene rings is 1. The highest BCUT2D eigenvalue weighted by molar-refractivity contribution is 7.09. The van der Waals surface area contributed by atoms with E-state index in [1.807, 2.05) is 12.3 Å². The monoisotopic (exact) mass is 244 g/mol. The van der Waals surface area contributed by atoms with E-state index in [0.717, 1.165) is 16.3 Å². The zero-order valence-corrected chi connectivity index (χ0v) is 10.2. The fourth-order valence-corrected chi connectivity index (χ4v) is 2.22. The predicted molar refractivity (Wildman–Crippen MR) is 66.7 cm³/mol. The highest BCUT2D eigenvalue weighted by Crippen LogP contribution is 2.19. The third-order valence-corrected chi connectivity index (χ3v) is 3.32. The summed E-state index contributed by atoms with van der Waals surface area (Å²) in [6.45, 7) is 1.95. The Labute approximate surface area is 104 Å². The normalized spacial score (nSPS) is 12.1. The fourth-order valence-electron chi connectivity index (χ4n) is 1.60. The van der Waals surface area contributed by atoms with Crippen molar-refractivity contribution in [2.24, 2.45) is 0 Å². The maximum atomic E-state index is 10.0. The molecule has 2 rings (SSSR count). The summed E-state index contributed by atoms with van der Waals surface area (Å²) in [6.07, 6.45) is -0.0554. The van der Waals surface area contributed by atoms with Crippen molar-refractivity contribution in [1.82, 2.24) is 4.98 Å². The van der Waals surface area contributed by atoms with Gasteiger partial charge in [-0.05, 0) is 24.6 Å². The Hall–Kier alpha value is -1.70. The fraction of sp³-hybridized carbons (Fsp3) is 0.231. The number of aliphatic hydroxyl groups is 1. The molecule has 1 unspecified atom stereocenters. The predicted octanol–water partition coefficient (Wildman–Crippen LogP) is 2.60. The summed E-state index contributed by atoms with van der Waals surface area (Å²) in [4.78, 5) is 4.32. The molecule has 4 heteroatoms. The van der Waals surface area contributed by atoms with Gasteiger partial charge in [-0.25, -0.2) is 4.98 Å². The van der Waals surface area contributed by atoms with Crippen LogP contribution in [0.25, 0.3) is 0 Å². The molecule has 1 N–H and O–H groups in total. The van der Waals surface area contributed by atoms with Gasteiger partial charge < -0.3 is 5.11 Å². The third-order valence-electron chi connectivity index (χ3n) is 2.49. The van der Waals surface area contributed by atoms with Crippen molar-refractivity contribution in [3.8, 4) is 6.07 Å². The Balaban J connectivity index is 2.09. The van der Waals surface area contributed by atoms with Gasteiger partial charge in [0.05, 0.1) is 28.4 Å². The minimum atomic E-state index is -0.566. The molecule has 0 saturated heterocycles. The van der Waals surface area contributed by atoms with E-state index >= 15 is 0 Å². The van der Waals surface area contributed by atoms with Crippen LogP contribution < -0.4 is 0 Å². The van der Waals surface area contributed by atoms with E-state index in [1.54, 1.807) is 35.6 Å². The van der Waals surface area contributed by atoms with E-state index in [2.05, 4.69) is 11.1 Å². The van der Waals surface area contributed by atoms with Crippen molar-refractivity contribution in [3.63, 3.8) is 0 Å². The van der Waals surface area contributed by atoms with Gasteiger partial charge in [0.1, 0.15) is 0 Å². The summed E-state index contributed by atoms with van der Waals surface area (Å²) in [6, 6.07) is 9.04. The van der Waals surface area contributed by atoms with Gasteiger partial charge in [0.2, 0.25) is 0 Å². The second kappa shape index (κ2) is 5.09. The lowest BCUT2D eigenvalue weighted by molar-refractivity contribution is 0.177. The lowest BCUT2D eigenvalue weighted by Gasteiger charge is -2.09. The van der Waals surface area contributed by atoms with Gasteiger partial charge in [-0.1, -0.05) is 12.1 Å². The molecule has 0 aliphatic carbocycles. The first-order valence-corrected chi connectivity index (χ1v) is 6.16. The molecule has 86 valence electrons. The average Bonchev–Trinajstić information content (AvgIpc) is 2.75. The van der Waals surface area contributed by atoms with Crippen LogP contribution in [0.5, 0.6) is 0 Å². The Morgan fingerprint density at radius 3 is 2.65 bits per heavy atom. The minimum absolute atomic E-state index is 0.510. The highest BCUT2D eigenvalue weighted by Gasteiger charge is 2.10. The van der Waals surface area contributed by atoms with Crippen molar-refractivity contribution in [2.75, 3.05) is 0 Å². The number of rotatable bonds is 3. The number of hydrogen-bond acceptors (Lipinski definition) is 4. The van der Waals surface area contributed by atoms with Gasteiger partial charge in [0.25, 0.3) is 0 Å². The molecule has 1 aromatic carbocycles. The zero-order valence-electron chi connectivity index (χ0n) is 9.42. The Morgan fingerprint density at radius 1 is 1.41 bits per heavy atom. The van der Waals surface area contributed by atoms with E-state index in [1.165, 1.54) is 0 Å². The molecule has 17 heavy (non-hydrogen) atoms. The number of nitrogens with zero attached hydrogens (tertiary/aromatic N) is 2. The van der Waals surface area contributed by atoms with Gasteiger partial charge in [-0.15, -0.1) is 11.3 Å². The highest BCUT2D eigenvalue weighted by atomic mass is 32.1. The van der Waals surface area contributed by atoms with Crippen molar-refractivity contribution in [2.45, 2.75) is 19.4 Å². The van der Waals surface area contributed by atoms with Gasteiger partial charge in [0.15, 0.2) is 0 Å². The maximum absolute atomic E-state index is 10.0. The number of hydrogen-bond donors (Lipinski definition) is 1.